The van der Waals surface area contributed by atoms with E-state index in [0.717, 1.165) is 11.1 Å². The molecule has 0 aliphatic carbocycles. The number of fused-ring (bicyclic) bond motifs is 1. The number of nitrogens with one attached hydrogen (secondary N) is 1. The average Bonchev–Trinajstić information content (AvgIpc) is 3.18. The predicted molar refractivity (Wildman–Crippen MR) is 111 cm³/mol. The number of aryl methyl sites for hydroxylation is 1. The summed E-state index contributed by atoms with van der Waals surface area (Å²) in [6.07, 6.45) is 0.757. The third-order valence-electron chi connectivity index (χ3n) is 4.83. The second-order valence-electron chi connectivity index (χ2n) is 6.74. The molecule has 1 aliphatic rings. The van der Waals surface area contributed by atoms with E-state index in [1.807, 2.05) is 18.2 Å². The molecule has 154 valence electrons. The largest absolute Gasteiger partial charge is 0.454 e. The first kappa shape index (κ1) is 21.3. The van der Waals surface area contributed by atoms with E-state index >= 15 is 0 Å². The first-order chi connectivity index (χ1) is 13.9. The number of nitrogens with zero attached hydrogens (tertiary/aromatic N) is 1. The van der Waals surface area contributed by atoms with Crippen LogP contribution in [0.1, 0.15) is 24.5 Å². The summed E-state index contributed by atoms with van der Waals surface area (Å²) < 4.78 is 10.7. The van der Waals surface area contributed by atoms with Crippen molar-refractivity contribution < 1.29 is 19.1 Å². The molecule has 0 aromatic heterocycles. The highest BCUT2D eigenvalue weighted by Gasteiger charge is 2.26. The van der Waals surface area contributed by atoms with E-state index in [0.29, 0.717) is 28.0 Å². The van der Waals surface area contributed by atoms with Crippen LogP contribution >= 0.6 is 23.2 Å². The molecule has 0 unspecified atom stereocenters. The summed E-state index contributed by atoms with van der Waals surface area (Å²) in [6, 6.07) is 10.1. The number of hydrogen-bond acceptors (Lipinski definition) is 4. The highest BCUT2D eigenvalue weighted by molar-refractivity contribution is 6.35. The smallest absolute Gasteiger partial charge is 0.242 e. The average molecular weight is 437 g/mol. The van der Waals surface area contributed by atoms with Gasteiger partial charge in [0.05, 0.1) is 0 Å². The zero-order valence-corrected chi connectivity index (χ0v) is 17.7. The Morgan fingerprint density at radius 3 is 2.62 bits per heavy atom. The molecule has 1 aliphatic heterocycles. The molecule has 1 heterocycles. The Labute approximate surface area is 179 Å². The van der Waals surface area contributed by atoms with Crippen LogP contribution in [-0.2, 0) is 22.6 Å². The van der Waals surface area contributed by atoms with Gasteiger partial charge in [-0.05, 0) is 48.7 Å². The maximum absolute atomic E-state index is 13.0. The molecule has 2 aromatic carbocycles. The molecule has 2 aromatic rings. The number of rotatable bonds is 7. The van der Waals surface area contributed by atoms with Gasteiger partial charge in [0, 0.05) is 30.1 Å². The van der Waals surface area contributed by atoms with E-state index in [-0.39, 0.29) is 31.6 Å². The summed E-state index contributed by atoms with van der Waals surface area (Å²) in [7, 11) is 1.55. The molecule has 3 rings (SSSR count). The van der Waals surface area contributed by atoms with Gasteiger partial charge in [-0.3, -0.25) is 9.59 Å². The van der Waals surface area contributed by atoms with Gasteiger partial charge in [0.25, 0.3) is 0 Å². The number of carbonyl (C=O) groups is 2. The molecular weight excluding hydrogens is 415 g/mol. The molecule has 29 heavy (non-hydrogen) atoms. The zero-order valence-electron chi connectivity index (χ0n) is 16.2. The first-order valence-electron chi connectivity index (χ1n) is 9.22. The molecule has 1 N–H and O–H groups in total. The van der Waals surface area contributed by atoms with Crippen LogP contribution in [0.5, 0.6) is 11.5 Å². The Kier molecular flexibility index (Phi) is 6.87. The predicted octanol–water partition coefficient (Wildman–Crippen LogP) is 3.82. The second-order valence-corrected chi connectivity index (χ2v) is 7.58. The number of ether oxygens (including phenoxy) is 2. The lowest BCUT2D eigenvalue weighted by Gasteiger charge is -2.29. The lowest BCUT2D eigenvalue weighted by Crippen LogP contribution is -2.46. The molecule has 2 amide bonds. The van der Waals surface area contributed by atoms with E-state index in [1.165, 1.54) is 4.90 Å². The lowest BCUT2D eigenvalue weighted by atomic mass is 10.1. The Hall–Kier alpha value is -2.44. The quantitative estimate of drug-likeness (QED) is 0.716. The fraction of sp³-hybridized carbons (Fsp3) is 0.333. The molecule has 6 nitrogen and oxygen atoms in total. The number of benzene rings is 2. The van der Waals surface area contributed by atoms with Crippen molar-refractivity contribution >= 4 is 35.0 Å². The van der Waals surface area contributed by atoms with Crippen LogP contribution < -0.4 is 14.8 Å². The SMILES string of the molecule is CNC(=O)[C@@H](C)N(Cc1ccc(Cl)cc1Cl)C(=O)CCc1ccc2c(c1)OCO2. The summed E-state index contributed by atoms with van der Waals surface area (Å²) in [4.78, 5) is 26.7. The van der Waals surface area contributed by atoms with E-state index in [2.05, 4.69) is 5.32 Å². The van der Waals surface area contributed by atoms with Crippen LogP contribution in [0, 0.1) is 0 Å². The van der Waals surface area contributed by atoms with Crippen molar-refractivity contribution in [3.05, 3.63) is 57.6 Å². The van der Waals surface area contributed by atoms with Gasteiger partial charge in [-0.15, -0.1) is 0 Å². The summed E-state index contributed by atoms with van der Waals surface area (Å²) in [6.45, 7) is 2.11. The van der Waals surface area contributed by atoms with E-state index in [9.17, 15) is 9.59 Å². The highest BCUT2D eigenvalue weighted by Crippen LogP contribution is 2.33. The Morgan fingerprint density at radius 2 is 1.90 bits per heavy atom. The molecule has 0 fully saturated rings. The number of halogens is 2. The first-order valence-corrected chi connectivity index (χ1v) is 9.98. The fourth-order valence-corrected chi connectivity index (χ4v) is 3.58. The van der Waals surface area contributed by atoms with Gasteiger partial charge in [-0.1, -0.05) is 35.3 Å². The molecular formula is C21H22Cl2N2O4. The topological polar surface area (TPSA) is 67.9 Å². The molecule has 8 heteroatoms. The van der Waals surface area contributed by atoms with Gasteiger partial charge in [0.2, 0.25) is 18.6 Å². The Morgan fingerprint density at radius 1 is 1.14 bits per heavy atom. The molecule has 0 radical (unpaired) electrons. The van der Waals surface area contributed by atoms with Crippen molar-refractivity contribution in [3.8, 4) is 11.5 Å². The Balaban J connectivity index is 1.73. The summed E-state index contributed by atoms with van der Waals surface area (Å²) in [5.74, 6) is 0.988. The van der Waals surface area contributed by atoms with Crippen molar-refractivity contribution in [2.75, 3.05) is 13.8 Å². The lowest BCUT2D eigenvalue weighted by molar-refractivity contribution is -0.140. The molecule has 0 bridgehead atoms. The minimum absolute atomic E-state index is 0.148. The monoisotopic (exact) mass is 436 g/mol. The van der Waals surface area contributed by atoms with Crippen molar-refractivity contribution in [1.29, 1.82) is 0 Å². The third kappa shape index (κ3) is 5.14. The van der Waals surface area contributed by atoms with Crippen molar-refractivity contribution in [3.63, 3.8) is 0 Å². The summed E-state index contributed by atoms with van der Waals surface area (Å²) in [5, 5.41) is 3.56. The minimum Gasteiger partial charge on any atom is -0.454 e. The van der Waals surface area contributed by atoms with Crippen molar-refractivity contribution in [2.24, 2.45) is 0 Å². The highest BCUT2D eigenvalue weighted by atomic mass is 35.5. The third-order valence-corrected chi connectivity index (χ3v) is 5.42. The van der Waals surface area contributed by atoms with Crippen molar-refractivity contribution in [2.45, 2.75) is 32.4 Å². The summed E-state index contributed by atoms with van der Waals surface area (Å²) >= 11 is 12.2. The molecule has 1 atom stereocenters. The fourth-order valence-electron chi connectivity index (χ4n) is 3.12. The van der Waals surface area contributed by atoms with Crippen LogP contribution in [0.3, 0.4) is 0 Å². The molecule has 0 spiro atoms. The Bertz CT molecular complexity index is 920. The maximum atomic E-state index is 13.0. The molecule has 0 saturated carbocycles. The second kappa shape index (κ2) is 9.37. The van der Waals surface area contributed by atoms with Crippen LogP contribution in [-0.4, -0.2) is 36.6 Å². The standard InChI is InChI=1S/C21H22Cl2N2O4/c1-13(21(27)24-2)25(11-15-5-6-16(22)10-17(15)23)20(26)8-4-14-3-7-18-19(9-14)29-12-28-18/h3,5-7,9-10,13H,4,8,11-12H2,1-2H3,(H,24,27)/t13-/m1/s1. The van der Waals surface area contributed by atoms with Gasteiger partial charge >= 0.3 is 0 Å². The van der Waals surface area contributed by atoms with Gasteiger partial charge in [0.15, 0.2) is 11.5 Å². The summed E-state index contributed by atoms with van der Waals surface area (Å²) in [5.41, 5.74) is 1.68. The van der Waals surface area contributed by atoms with E-state index < -0.39 is 6.04 Å². The van der Waals surface area contributed by atoms with Gasteiger partial charge in [-0.25, -0.2) is 0 Å². The molecule has 0 saturated heterocycles. The maximum Gasteiger partial charge on any atom is 0.242 e. The van der Waals surface area contributed by atoms with Crippen LogP contribution in [0.25, 0.3) is 0 Å². The van der Waals surface area contributed by atoms with Gasteiger partial charge in [-0.2, -0.15) is 0 Å². The zero-order chi connectivity index (χ0) is 21.0. The normalized spacial score (nSPS) is 13.1. The van der Waals surface area contributed by atoms with E-state index in [1.54, 1.807) is 32.2 Å². The number of carbonyl (C=O) groups excluding carboxylic acids is 2. The number of likely N-dealkylation sites (N-methyl/N-ethyl adjacent to an activating group) is 1. The van der Waals surface area contributed by atoms with Gasteiger partial charge < -0.3 is 19.7 Å². The van der Waals surface area contributed by atoms with Crippen LogP contribution in [0.2, 0.25) is 10.0 Å². The minimum atomic E-state index is -0.643. The van der Waals surface area contributed by atoms with E-state index in [4.69, 9.17) is 32.7 Å². The van der Waals surface area contributed by atoms with Crippen LogP contribution in [0.4, 0.5) is 0 Å². The van der Waals surface area contributed by atoms with Gasteiger partial charge in [0.1, 0.15) is 6.04 Å². The van der Waals surface area contributed by atoms with Crippen LogP contribution in [0.15, 0.2) is 36.4 Å². The number of hydrogen-bond donors (Lipinski definition) is 1. The number of amides is 2. The van der Waals surface area contributed by atoms with Crippen molar-refractivity contribution in [1.82, 2.24) is 10.2 Å².